The van der Waals surface area contributed by atoms with Gasteiger partial charge >= 0.3 is 11.9 Å². The summed E-state index contributed by atoms with van der Waals surface area (Å²) in [6.07, 6.45) is 15.3. The summed E-state index contributed by atoms with van der Waals surface area (Å²) in [4.78, 5) is 27.8. The van der Waals surface area contributed by atoms with Crippen molar-refractivity contribution in [3.63, 3.8) is 0 Å². The fourth-order valence-electron chi connectivity index (χ4n) is 8.07. The minimum absolute atomic E-state index is 0.0155. The van der Waals surface area contributed by atoms with Gasteiger partial charge in [0, 0.05) is 38.1 Å². The van der Waals surface area contributed by atoms with Crippen molar-refractivity contribution in [2.24, 2.45) is 28.6 Å². The van der Waals surface area contributed by atoms with Crippen LogP contribution in [-0.4, -0.2) is 33.7 Å². The summed E-state index contributed by atoms with van der Waals surface area (Å²) >= 11 is 0. The van der Waals surface area contributed by atoms with Gasteiger partial charge in [0.05, 0.1) is 12.4 Å². The number of hydrogen-bond acceptors (Lipinski definition) is 5. The maximum absolute atomic E-state index is 12.1. The minimum Gasteiger partial charge on any atom is -0.462 e. The molecule has 5 rings (SSSR count). The number of allylic oxidation sites excluding steroid dienone is 1. The second-order valence-corrected chi connectivity index (χ2v) is 11.1. The third kappa shape index (κ3) is 3.32. The van der Waals surface area contributed by atoms with E-state index in [1.54, 1.807) is 0 Å². The predicted molar refractivity (Wildman–Crippen MR) is 119 cm³/mol. The van der Waals surface area contributed by atoms with Gasteiger partial charge in [0.15, 0.2) is 0 Å². The lowest BCUT2D eigenvalue weighted by atomic mass is 9.48. The number of aromatic nitrogens is 2. The van der Waals surface area contributed by atoms with Crippen LogP contribution in [0, 0.1) is 28.6 Å². The number of esters is 2. The Morgan fingerprint density at radius 3 is 2.56 bits per heavy atom. The van der Waals surface area contributed by atoms with Crippen LogP contribution in [0.25, 0.3) is 0 Å². The molecule has 1 aromatic rings. The molecule has 0 N–H and O–H groups in total. The van der Waals surface area contributed by atoms with Crippen molar-refractivity contribution in [2.75, 3.05) is 0 Å². The maximum Gasteiger partial charge on any atom is 0.302 e. The van der Waals surface area contributed by atoms with Crippen LogP contribution in [0.4, 0.5) is 0 Å². The lowest BCUT2D eigenvalue weighted by molar-refractivity contribution is -0.159. The van der Waals surface area contributed by atoms with Crippen LogP contribution in [0.5, 0.6) is 0 Å². The molecule has 3 saturated carbocycles. The third-order valence-electron chi connectivity index (χ3n) is 9.52. The third-order valence-corrected chi connectivity index (χ3v) is 9.52. The van der Waals surface area contributed by atoms with Crippen molar-refractivity contribution in [3.8, 4) is 0 Å². The number of imidazole rings is 1. The topological polar surface area (TPSA) is 70.4 Å². The highest BCUT2D eigenvalue weighted by Gasteiger charge is 2.62. The molecular formula is C26H36N2O4. The number of nitrogens with zero attached hydrogens (tertiary/aromatic N) is 2. The molecule has 3 fully saturated rings. The van der Waals surface area contributed by atoms with Gasteiger partial charge in [-0.25, -0.2) is 4.98 Å². The largest absolute Gasteiger partial charge is 0.462 e. The molecule has 174 valence electrons. The second-order valence-electron chi connectivity index (χ2n) is 11.1. The Morgan fingerprint density at radius 1 is 1.09 bits per heavy atom. The number of carbonyl (C=O) groups is 2. The molecule has 6 heteroatoms. The summed E-state index contributed by atoms with van der Waals surface area (Å²) in [6, 6.07) is 0.146. The highest BCUT2D eigenvalue weighted by Crippen LogP contribution is 2.66. The van der Waals surface area contributed by atoms with Gasteiger partial charge in [0.25, 0.3) is 0 Å². The number of fused-ring (bicyclic) bond motifs is 5. The summed E-state index contributed by atoms with van der Waals surface area (Å²) in [5, 5.41) is 0. The Balaban J connectivity index is 1.45. The van der Waals surface area contributed by atoms with Gasteiger partial charge in [0.2, 0.25) is 0 Å². The zero-order chi connectivity index (χ0) is 22.7. The molecule has 1 heterocycles. The Labute approximate surface area is 190 Å². The van der Waals surface area contributed by atoms with E-state index in [9.17, 15) is 9.59 Å². The molecule has 6 nitrogen and oxygen atoms in total. The quantitative estimate of drug-likeness (QED) is 0.496. The standard InChI is InChI=1S/C26H36N2O4/c1-16(29)31-19-7-9-25(3)18(13-19)5-6-20-21(25)8-10-26(4)22(20)14-23(24(26)32-17(2)30)28-12-11-27-15-28/h5,11-12,15,19-24H,6-10,13-14H2,1-4H3/t19-,20+,21-,22-,23-,24-,25-,26-/m0/s1. The van der Waals surface area contributed by atoms with Gasteiger partial charge in [-0.15, -0.1) is 0 Å². The summed E-state index contributed by atoms with van der Waals surface area (Å²) in [6.45, 7) is 7.86. The second kappa shape index (κ2) is 7.74. The van der Waals surface area contributed by atoms with E-state index < -0.39 is 0 Å². The van der Waals surface area contributed by atoms with E-state index in [0.29, 0.717) is 17.8 Å². The van der Waals surface area contributed by atoms with E-state index >= 15 is 0 Å². The van der Waals surface area contributed by atoms with Crippen molar-refractivity contribution in [1.29, 1.82) is 0 Å². The van der Waals surface area contributed by atoms with E-state index in [1.807, 2.05) is 18.7 Å². The molecule has 0 aromatic carbocycles. The van der Waals surface area contributed by atoms with Crippen LogP contribution in [0.2, 0.25) is 0 Å². The SMILES string of the molecule is CC(=O)O[C@H]1CC[C@@]2(C)C(=CC[C@H]3[C@@H]4C[C@H](n5ccnc5)[C@H](OC(C)=O)[C@@]4(C)CC[C@@H]32)C1. The summed E-state index contributed by atoms with van der Waals surface area (Å²) in [5.41, 5.74) is 1.67. The molecule has 0 bridgehead atoms. The molecule has 0 radical (unpaired) electrons. The first-order valence-corrected chi connectivity index (χ1v) is 12.2. The zero-order valence-electron chi connectivity index (χ0n) is 19.8. The van der Waals surface area contributed by atoms with Gasteiger partial charge in [-0.05, 0) is 61.7 Å². The molecule has 4 aliphatic rings. The molecule has 8 atom stereocenters. The number of ether oxygens (including phenoxy) is 2. The molecule has 4 aliphatic carbocycles. The molecule has 0 spiro atoms. The van der Waals surface area contributed by atoms with Gasteiger partial charge in [-0.3, -0.25) is 9.59 Å². The van der Waals surface area contributed by atoms with Crippen molar-refractivity contribution >= 4 is 11.9 Å². The first-order chi connectivity index (χ1) is 15.2. The Hall–Kier alpha value is -2.11. The van der Waals surface area contributed by atoms with Crippen molar-refractivity contribution in [3.05, 3.63) is 30.4 Å². The predicted octanol–water partition coefficient (Wildman–Crippen LogP) is 4.86. The van der Waals surface area contributed by atoms with Crippen LogP contribution in [0.1, 0.15) is 78.7 Å². The van der Waals surface area contributed by atoms with Crippen LogP contribution >= 0.6 is 0 Å². The maximum atomic E-state index is 12.1. The Kier molecular flexibility index (Phi) is 5.25. The fourth-order valence-corrected chi connectivity index (χ4v) is 8.07. The number of hydrogen-bond donors (Lipinski definition) is 0. The first kappa shape index (κ1) is 21.7. The van der Waals surface area contributed by atoms with E-state index in [-0.39, 0.29) is 41.0 Å². The summed E-state index contributed by atoms with van der Waals surface area (Å²) in [5.74, 6) is 1.39. The first-order valence-electron chi connectivity index (χ1n) is 12.2. The van der Waals surface area contributed by atoms with Crippen molar-refractivity contribution < 1.29 is 19.1 Å². The van der Waals surface area contributed by atoms with Gasteiger partial charge < -0.3 is 14.0 Å². The fraction of sp³-hybridized carbons (Fsp3) is 0.731. The van der Waals surface area contributed by atoms with E-state index in [4.69, 9.17) is 9.47 Å². The van der Waals surface area contributed by atoms with Gasteiger partial charge in [-0.2, -0.15) is 0 Å². The van der Waals surface area contributed by atoms with E-state index in [1.165, 1.54) is 19.4 Å². The van der Waals surface area contributed by atoms with E-state index in [0.717, 1.165) is 44.9 Å². The molecule has 1 aromatic heterocycles. The lowest BCUT2D eigenvalue weighted by Crippen LogP contribution is -2.52. The monoisotopic (exact) mass is 440 g/mol. The highest BCUT2D eigenvalue weighted by atomic mass is 16.5. The molecule has 32 heavy (non-hydrogen) atoms. The Morgan fingerprint density at radius 2 is 1.88 bits per heavy atom. The summed E-state index contributed by atoms with van der Waals surface area (Å²) < 4.78 is 13.8. The van der Waals surface area contributed by atoms with Crippen LogP contribution in [0.3, 0.4) is 0 Å². The normalized spacial score (nSPS) is 42.8. The van der Waals surface area contributed by atoms with Crippen molar-refractivity contribution in [2.45, 2.75) is 90.9 Å². The highest BCUT2D eigenvalue weighted by molar-refractivity contribution is 5.66. The van der Waals surface area contributed by atoms with Crippen LogP contribution in [0.15, 0.2) is 30.4 Å². The smallest absolute Gasteiger partial charge is 0.302 e. The molecule has 0 unspecified atom stereocenters. The molecule has 0 saturated heterocycles. The molecular weight excluding hydrogens is 404 g/mol. The average Bonchev–Trinajstić information content (AvgIpc) is 3.34. The molecule has 0 amide bonds. The number of rotatable bonds is 3. The van der Waals surface area contributed by atoms with Crippen molar-refractivity contribution in [1.82, 2.24) is 9.55 Å². The molecule has 0 aliphatic heterocycles. The zero-order valence-corrected chi connectivity index (χ0v) is 19.8. The van der Waals surface area contributed by atoms with Gasteiger partial charge in [-0.1, -0.05) is 25.5 Å². The average molecular weight is 441 g/mol. The van der Waals surface area contributed by atoms with E-state index in [2.05, 4.69) is 29.5 Å². The minimum atomic E-state index is -0.189. The van der Waals surface area contributed by atoms with Gasteiger partial charge in [0.1, 0.15) is 12.2 Å². The van der Waals surface area contributed by atoms with Crippen LogP contribution < -0.4 is 0 Å². The Bertz CT molecular complexity index is 924. The lowest BCUT2D eigenvalue weighted by Gasteiger charge is -2.57. The van der Waals surface area contributed by atoms with Crippen LogP contribution in [-0.2, 0) is 19.1 Å². The summed E-state index contributed by atoms with van der Waals surface area (Å²) in [7, 11) is 0. The number of carbonyl (C=O) groups excluding carboxylic acids is 2.